The minimum absolute atomic E-state index is 0.245. The van der Waals surface area contributed by atoms with Crippen LogP contribution < -0.4 is 5.32 Å². The Kier molecular flexibility index (Phi) is 5.49. The van der Waals surface area contributed by atoms with E-state index in [1.807, 2.05) is 25.1 Å². The molecule has 1 nitrogen and oxygen atoms in total. The molecule has 0 aliphatic rings. The Morgan fingerprint density at radius 2 is 2.00 bits per heavy atom. The summed E-state index contributed by atoms with van der Waals surface area (Å²) in [5.41, 5.74) is 1.08. The van der Waals surface area contributed by atoms with E-state index >= 15 is 0 Å². The third kappa shape index (κ3) is 4.77. The van der Waals surface area contributed by atoms with Crippen molar-refractivity contribution in [1.29, 1.82) is 0 Å². The Labute approximate surface area is 98.9 Å². The van der Waals surface area contributed by atoms with Gasteiger partial charge in [-0.2, -0.15) is 8.78 Å². The highest BCUT2D eigenvalue weighted by molar-refractivity contribution is 7.99. The highest BCUT2D eigenvalue weighted by atomic mass is 32.2. The lowest BCUT2D eigenvalue weighted by Crippen LogP contribution is -2.22. The molecule has 1 atom stereocenters. The van der Waals surface area contributed by atoms with Gasteiger partial charge in [-0.25, -0.2) is 0 Å². The van der Waals surface area contributed by atoms with Gasteiger partial charge in [0.05, 0.1) is 0 Å². The van der Waals surface area contributed by atoms with Gasteiger partial charge in [0, 0.05) is 17.5 Å². The Morgan fingerprint density at radius 1 is 1.38 bits per heavy atom. The van der Waals surface area contributed by atoms with E-state index in [-0.39, 0.29) is 6.04 Å². The molecule has 4 heteroatoms. The average molecular weight is 243 g/mol. The second kappa shape index (κ2) is 6.66. The molecule has 1 aromatic carbocycles. The summed E-state index contributed by atoms with van der Waals surface area (Å²) in [5, 5.41) is 3.24. The van der Waals surface area contributed by atoms with Gasteiger partial charge in [-0.3, -0.25) is 0 Å². The van der Waals surface area contributed by atoms with Crippen molar-refractivity contribution in [3.8, 4) is 0 Å². The Balaban J connectivity index is 2.48. The van der Waals surface area contributed by atoms with Crippen LogP contribution in [-0.4, -0.2) is 11.8 Å². The smallest absolute Gasteiger partial charge is 0.288 e. The van der Waals surface area contributed by atoms with Crippen molar-refractivity contribution in [2.75, 3.05) is 0 Å². The molecule has 0 bridgehead atoms. The van der Waals surface area contributed by atoms with E-state index in [1.165, 1.54) is 0 Å². The van der Waals surface area contributed by atoms with E-state index in [1.54, 1.807) is 12.1 Å². The second-order valence-corrected chi connectivity index (χ2v) is 4.49. The molecule has 0 fully saturated rings. The molecule has 0 saturated heterocycles. The molecule has 88 valence electrons. The molecule has 0 saturated carbocycles. The molecule has 0 heterocycles. The van der Waals surface area contributed by atoms with Crippen LogP contribution in [0.4, 0.5) is 8.78 Å². The number of thioether (sulfide) groups is 1. The van der Waals surface area contributed by atoms with Gasteiger partial charge < -0.3 is 5.32 Å². The molecule has 16 heavy (non-hydrogen) atoms. The van der Waals surface area contributed by atoms with E-state index in [2.05, 4.69) is 11.9 Å². The van der Waals surface area contributed by atoms with E-state index < -0.39 is 5.76 Å². The average Bonchev–Trinajstić information content (AvgIpc) is 2.27. The van der Waals surface area contributed by atoms with E-state index in [0.717, 1.165) is 5.56 Å². The van der Waals surface area contributed by atoms with Gasteiger partial charge in [0.1, 0.15) is 0 Å². The van der Waals surface area contributed by atoms with Gasteiger partial charge in [-0.1, -0.05) is 30.0 Å². The third-order valence-electron chi connectivity index (χ3n) is 2.13. The molecule has 1 rings (SSSR count). The topological polar surface area (TPSA) is 12.0 Å². The van der Waals surface area contributed by atoms with Gasteiger partial charge in [-0.05, 0) is 24.6 Å². The first-order chi connectivity index (χ1) is 7.61. The zero-order valence-corrected chi connectivity index (χ0v) is 9.94. The third-order valence-corrected chi connectivity index (χ3v) is 2.85. The molecule has 0 aromatic heterocycles. The summed E-state index contributed by atoms with van der Waals surface area (Å²) >= 11 is 0.566. The van der Waals surface area contributed by atoms with Crippen molar-refractivity contribution in [3.05, 3.63) is 42.5 Å². The maximum atomic E-state index is 12.1. The number of nitrogens with one attached hydrogen (secondary N) is 1. The molecular formula is C12H15F2NS. The normalized spacial score (nSPS) is 12.8. The Hall–Kier alpha value is -0.870. The zero-order chi connectivity index (χ0) is 12.0. The number of hydrogen-bond donors (Lipinski definition) is 1. The molecule has 1 unspecified atom stereocenters. The summed E-state index contributed by atoms with van der Waals surface area (Å²) in [6, 6.07) is 7.38. The fraction of sp³-hybridized carbons (Fsp3) is 0.333. The summed E-state index contributed by atoms with van der Waals surface area (Å²) in [5.74, 6) is -2.36. The fourth-order valence-electron chi connectivity index (χ4n) is 1.15. The minimum Gasteiger partial charge on any atom is -0.307 e. The SMILES string of the molecule is C=CC(C)NCc1ccc(SC(F)F)cc1. The Bertz CT molecular complexity index is 324. The lowest BCUT2D eigenvalue weighted by molar-refractivity contribution is 0.252. The van der Waals surface area contributed by atoms with Crippen LogP contribution in [0.25, 0.3) is 0 Å². The first-order valence-electron chi connectivity index (χ1n) is 5.01. The van der Waals surface area contributed by atoms with Crippen molar-refractivity contribution in [3.63, 3.8) is 0 Å². The summed E-state index contributed by atoms with van der Waals surface area (Å²) in [6.45, 7) is 6.39. The van der Waals surface area contributed by atoms with Crippen LogP contribution in [0.3, 0.4) is 0 Å². The standard InChI is InChI=1S/C12H15F2NS/c1-3-9(2)15-8-10-4-6-11(7-5-10)16-12(13)14/h3-7,9,12,15H,1,8H2,2H3. The second-order valence-electron chi connectivity index (χ2n) is 3.43. The molecule has 1 aromatic rings. The lowest BCUT2D eigenvalue weighted by Gasteiger charge is -2.09. The minimum atomic E-state index is -2.36. The first-order valence-corrected chi connectivity index (χ1v) is 5.89. The van der Waals surface area contributed by atoms with Crippen molar-refractivity contribution >= 4 is 11.8 Å². The predicted molar refractivity (Wildman–Crippen MR) is 64.8 cm³/mol. The maximum Gasteiger partial charge on any atom is 0.288 e. The molecule has 0 radical (unpaired) electrons. The van der Waals surface area contributed by atoms with Gasteiger partial charge in [-0.15, -0.1) is 6.58 Å². The van der Waals surface area contributed by atoms with Crippen LogP contribution >= 0.6 is 11.8 Å². The van der Waals surface area contributed by atoms with Crippen LogP contribution in [0.1, 0.15) is 12.5 Å². The highest BCUT2D eigenvalue weighted by Gasteiger charge is 2.04. The van der Waals surface area contributed by atoms with E-state index in [9.17, 15) is 8.78 Å². The van der Waals surface area contributed by atoms with Crippen LogP contribution in [-0.2, 0) is 6.54 Å². The van der Waals surface area contributed by atoms with Crippen LogP contribution in [0.2, 0.25) is 0 Å². The largest absolute Gasteiger partial charge is 0.307 e. The van der Waals surface area contributed by atoms with Crippen molar-refractivity contribution in [2.45, 2.75) is 30.2 Å². The van der Waals surface area contributed by atoms with Gasteiger partial charge >= 0.3 is 0 Å². The van der Waals surface area contributed by atoms with E-state index in [4.69, 9.17) is 0 Å². The molecule has 1 N–H and O–H groups in total. The number of rotatable bonds is 6. The molecular weight excluding hydrogens is 228 g/mol. The number of alkyl halides is 2. The van der Waals surface area contributed by atoms with Gasteiger partial charge in [0.25, 0.3) is 5.76 Å². The lowest BCUT2D eigenvalue weighted by atomic mass is 10.2. The van der Waals surface area contributed by atoms with Gasteiger partial charge in [0.15, 0.2) is 0 Å². The number of halogens is 2. The summed E-state index contributed by atoms with van der Waals surface area (Å²) in [6.07, 6.45) is 1.82. The van der Waals surface area contributed by atoms with Crippen molar-refractivity contribution < 1.29 is 8.78 Å². The van der Waals surface area contributed by atoms with Gasteiger partial charge in [0.2, 0.25) is 0 Å². The van der Waals surface area contributed by atoms with E-state index in [0.29, 0.717) is 23.2 Å². The van der Waals surface area contributed by atoms with Crippen molar-refractivity contribution in [1.82, 2.24) is 5.32 Å². The summed E-state index contributed by atoms with van der Waals surface area (Å²) in [4.78, 5) is 0.593. The highest BCUT2D eigenvalue weighted by Crippen LogP contribution is 2.25. The van der Waals surface area contributed by atoms with Crippen molar-refractivity contribution in [2.24, 2.45) is 0 Å². The number of hydrogen-bond acceptors (Lipinski definition) is 2. The molecule has 0 spiro atoms. The monoisotopic (exact) mass is 243 g/mol. The maximum absolute atomic E-state index is 12.1. The number of benzene rings is 1. The Morgan fingerprint density at radius 3 is 2.50 bits per heavy atom. The molecule has 0 aliphatic carbocycles. The molecule has 0 amide bonds. The van der Waals surface area contributed by atoms with Crippen LogP contribution in [0.5, 0.6) is 0 Å². The van der Waals surface area contributed by atoms with Crippen LogP contribution in [0.15, 0.2) is 41.8 Å². The first kappa shape index (κ1) is 13.2. The van der Waals surface area contributed by atoms with Crippen LogP contribution in [0, 0.1) is 0 Å². The zero-order valence-electron chi connectivity index (χ0n) is 9.12. The predicted octanol–water partition coefficient (Wildman–Crippen LogP) is 3.67. The fourth-order valence-corrected chi connectivity index (χ4v) is 1.65. The quantitative estimate of drug-likeness (QED) is 0.604. The molecule has 0 aliphatic heterocycles. The summed E-state index contributed by atoms with van der Waals surface area (Å²) in [7, 11) is 0. The summed E-state index contributed by atoms with van der Waals surface area (Å²) < 4.78 is 24.1.